The van der Waals surface area contributed by atoms with Gasteiger partial charge in [0.15, 0.2) is 11.5 Å². The second-order valence-electron chi connectivity index (χ2n) is 5.28. The van der Waals surface area contributed by atoms with Gasteiger partial charge in [-0.15, -0.1) is 0 Å². The molecule has 1 fully saturated rings. The molecule has 1 atom stereocenters. The first kappa shape index (κ1) is 13.7. The minimum absolute atomic E-state index is 0.0351. The number of rotatable bonds is 3. The van der Waals surface area contributed by atoms with Crippen LogP contribution in [0.1, 0.15) is 12.5 Å². The maximum Gasteiger partial charge on any atom is 0.245 e. The number of amides is 2. The molecule has 6 nitrogen and oxygen atoms in total. The van der Waals surface area contributed by atoms with E-state index in [1.807, 2.05) is 18.2 Å². The van der Waals surface area contributed by atoms with E-state index in [9.17, 15) is 9.59 Å². The zero-order chi connectivity index (χ0) is 14.8. The minimum atomic E-state index is -0.438. The first-order valence-corrected chi connectivity index (χ1v) is 7.10. The van der Waals surface area contributed by atoms with E-state index in [0.717, 1.165) is 17.1 Å². The molecule has 2 heterocycles. The number of nitrogens with one attached hydrogen (secondary N) is 1. The number of benzene rings is 1. The number of fused-ring (bicyclic) bond motifs is 1. The van der Waals surface area contributed by atoms with Gasteiger partial charge >= 0.3 is 0 Å². The smallest absolute Gasteiger partial charge is 0.245 e. The van der Waals surface area contributed by atoms with Crippen LogP contribution in [-0.2, 0) is 16.0 Å². The summed E-state index contributed by atoms with van der Waals surface area (Å²) >= 11 is 0. The van der Waals surface area contributed by atoms with E-state index in [-0.39, 0.29) is 18.4 Å². The van der Waals surface area contributed by atoms with Crippen molar-refractivity contribution in [1.82, 2.24) is 10.2 Å². The lowest BCUT2D eigenvalue weighted by Gasteiger charge is -2.30. The standard InChI is InChI=1S/C15H18N2O4/c1-10-15(19)17(9-14(18)16-10)5-4-11-2-3-12-13(8-11)21-7-6-20-12/h2-3,8,10H,4-7,9H2,1H3,(H,16,18). The van der Waals surface area contributed by atoms with Crippen LogP contribution < -0.4 is 14.8 Å². The summed E-state index contributed by atoms with van der Waals surface area (Å²) in [6.07, 6.45) is 0.683. The van der Waals surface area contributed by atoms with E-state index in [2.05, 4.69) is 5.32 Å². The van der Waals surface area contributed by atoms with Gasteiger partial charge in [-0.1, -0.05) is 6.07 Å². The summed E-state index contributed by atoms with van der Waals surface area (Å²) in [7, 11) is 0. The number of hydrogen-bond donors (Lipinski definition) is 1. The van der Waals surface area contributed by atoms with Gasteiger partial charge in [-0.2, -0.15) is 0 Å². The van der Waals surface area contributed by atoms with Gasteiger partial charge in [-0.25, -0.2) is 0 Å². The Labute approximate surface area is 123 Å². The number of carbonyl (C=O) groups is 2. The van der Waals surface area contributed by atoms with Gasteiger partial charge in [0.25, 0.3) is 0 Å². The average molecular weight is 290 g/mol. The molecule has 1 saturated heterocycles. The van der Waals surface area contributed by atoms with E-state index in [0.29, 0.717) is 26.2 Å². The molecule has 0 aromatic heterocycles. The number of hydrogen-bond acceptors (Lipinski definition) is 4. The predicted octanol–water partition coefficient (Wildman–Crippen LogP) is 0.347. The normalized spacial score (nSPS) is 21.2. The van der Waals surface area contributed by atoms with Crippen LogP contribution >= 0.6 is 0 Å². The van der Waals surface area contributed by atoms with Gasteiger partial charge in [-0.05, 0) is 31.0 Å². The van der Waals surface area contributed by atoms with E-state index in [1.54, 1.807) is 11.8 Å². The van der Waals surface area contributed by atoms with Gasteiger partial charge in [0, 0.05) is 6.54 Å². The molecule has 2 aliphatic heterocycles. The van der Waals surface area contributed by atoms with Gasteiger partial charge in [-0.3, -0.25) is 9.59 Å². The van der Waals surface area contributed by atoms with Gasteiger partial charge in [0.1, 0.15) is 19.3 Å². The van der Waals surface area contributed by atoms with Crippen molar-refractivity contribution in [3.63, 3.8) is 0 Å². The molecular formula is C15H18N2O4. The molecule has 1 unspecified atom stereocenters. The number of carbonyl (C=O) groups excluding carboxylic acids is 2. The summed E-state index contributed by atoms with van der Waals surface area (Å²) in [4.78, 5) is 25.1. The second kappa shape index (κ2) is 5.63. The largest absolute Gasteiger partial charge is 0.486 e. The zero-order valence-corrected chi connectivity index (χ0v) is 11.9. The molecule has 1 aromatic carbocycles. The van der Waals surface area contributed by atoms with Crippen LogP contribution in [0.2, 0.25) is 0 Å². The third kappa shape index (κ3) is 2.94. The summed E-state index contributed by atoms with van der Waals surface area (Å²) in [5, 5.41) is 2.63. The molecule has 2 aliphatic rings. The Balaban J connectivity index is 1.64. The van der Waals surface area contributed by atoms with Crippen molar-refractivity contribution >= 4 is 11.8 Å². The van der Waals surface area contributed by atoms with E-state index >= 15 is 0 Å². The van der Waals surface area contributed by atoms with E-state index < -0.39 is 6.04 Å². The molecule has 0 spiro atoms. The van der Waals surface area contributed by atoms with Gasteiger partial charge in [0.2, 0.25) is 11.8 Å². The van der Waals surface area contributed by atoms with Crippen LogP contribution in [0.25, 0.3) is 0 Å². The Morgan fingerprint density at radius 2 is 2.00 bits per heavy atom. The zero-order valence-electron chi connectivity index (χ0n) is 11.9. The third-order valence-electron chi connectivity index (χ3n) is 3.67. The van der Waals surface area contributed by atoms with E-state index in [4.69, 9.17) is 9.47 Å². The summed E-state index contributed by atoms with van der Waals surface area (Å²) in [5.74, 6) is 1.36. The van der Waals surface area contributed by atoms with E-state index in [1.165, 1.54) is 0 Å². The molecule has 1 N–H and O–H groups in total. The lowest BCUT2D eigenvalue weighted by molar-refractivity contribution is -0.143. The number of ether oxygens (including phenoxy) is 2. The molecule has 6 heteroatoms. The molecule has 1 aromatic rings. The molecular weight excluding hydrogens is 272 g/mol. The fourth-order valence-electron chi connectivity index (χ4n) is 2.57. The van der Waals surface area contributed by atoms with Gasteiger partial charge < -0.3 is 19.7 Å². The maximum atomic E-state index is 12.0. The van der Waals surface area contributed by atoms with Crippen LogP contribution in [0.4, 0.5) is 0 Å². The molecule has 0 aliphatic carbocycles. The molecule has 0 radical (unpaired) electrons. The highest BCUT2D eigenvalue weighted by Gasteiger charge is 2.28. The molecule has 21 heavy (non-hydrogen) atoms. The first-order chi connectivity index (χ1) is 10.1. The van der Waals surface area contributed by atoms with Gasteiger partial charge in [0.05, 0.1) is 6.54 Å². The Morgan fingerprint density at radius 3 is 2.81 bits per heavy atom. The van der Waals surface area contributed by atoms with Crippen molar-refractivity contribution in [2.75, 3.05) is 26.3 Å². The Kier molecular flexibility index (Phi) is 3.68. The second-order valence-corrected chi connectivity index (χ2v) is 5.28. The first-order valence-electron chi connectivity index (χ1n) is 7.10. The highest BCUT2D eigenvalue weighted by molar-refractivity contribution is 5.94. The fraction of sp³-hybridized carbons (Fsp3) is 0.467. The Bertz CT molecular complexity index is 573. The van der Waals surface area contributed by atoms with Crippen molar-refractivity contribution in [3.05, 3.63) is 23.8 Å². The lowest BCUT2D eigenvalue weighted by Crippen LogP contribution is -2.57. The number of piperazine rings is 1. The predicted molar refractivity (Wildman–Crippen MR) is 75.3 cm³/mol. The average Bonchev–Trinajstić information content (AvgIpc) is 2.49. The maximum absolute atomic E-state index is 12.0. The van der Waals surface area contributed by atoms with Crippen LogP contribution in [0.3, 0.4) is 0 Å². The van der Waals surface area contributed by atoms with Crippen molar-refractivity contribution in [1.29, 1.82) is 0 Å². The fourth-order valence-corrected chi connectivity index (χ4v) is 2.57. The van der Waals surface area contributed by atoms with Crippen molar-refractivity contribution in [3.8, 4) is 11.5 Å². The highest BCUT2D eigenvalue weighted by atomic mass is 16.6. The molecule has 112 valence electrons. The SMILES string of the molecule is CC1NC(=O)CN(CCc2ccc3c(c2)OCCO3)C1=O. The van der Waals surface area contributed by atoms with Crippen LogP contribution in [0.5, 0.6) is 11.5 Å². The molecule has 3 rings (SSSR count). The van der Waals surface area contributed by atoms with Crippen LogP contribution in [0.15, 0.2) is 18.2 Å². The molecule has 0 bridgehead atoms. The quantitative estimate of drug-likeness (QED) is 0.872. The Morgan fingerprint density at radius 1 is 1.24 bits per heavy atom. The molecule has 2 amide bonds. The summed E-state index contributed by atoms with van der Waals surface area (Å²) in [6, 6.07) is 5.35. The Hall–Kier alpha value is -2.24. The third-order valence-corrected chi connectivity index (χ3v) is 3.67. The van der Waals surface area contributed by atoms with Crippen molar-refractivity contribution in [2.45, 2.75) is 19.4 Å². The number of nitrogens with zero attached hydrogens (tertiary/aromatic N) is 1. The summed E-state index contributed by atoms with van der Waals surface area (Å²) < 4.78 is 11.0. The monoisotopic (exact) mass is 290 g/mol. The summed E-state index contributed by atoms with van der Waals surface area (Å²) in [6.45, 7) is 3.49. The van der Waals surface area contributed by atoms with Crippen LogP contribution in [0, 0.1) is 0 Å². The topological polar surface area (TPSA) is 67.9 Å². The minimum Gasteiger partial charge on any atom is -0.486 e. The van der Waals surface area contributed by atoms with Crippen LogP contribution in [-0.4, -0.2) is 49.1 Å². The highest BCUT2D eigenvalue weighted by Crippen LogP contribution is 2.30. The summed E-state index contributed by atoms with van der Waals surface area (Å²) in [5.41, 5.74) is 1.06. The van der Waals surface area contributed by atoms with Crippen molar-refractivity contribution < 1.29 is 19.1 Å². The molecule has 0 saturated carbocycles. The lowest BCUT2D eigenvalue weighted by atomic mass is 10.1. The van der Waals surface area contributed by atoms with Crippen molar-refractivity contribution in [2.24, 2.45) is 0 Å².